The van der Waals surface area contributed by atoms with Gasteiger partial charge in [0.1, 0.15) is 5.75 Å². The van der Waals surface area contributed by atoms with Crippen LogP contribution in [0.2, 0.25) is 0 Å². The molecule has 7 heteroatoms. The first kappa shape index (κ1) is 21.6. The summed E-state index contributed by atoms with van der Waals surface area (Å²) in [6.45, 7) is 7.84. The minimum atomic E-state index is 0.0248. The molecule has 1 aliphatic heterocycles. The van der Waals surface area contributed by atoms with Crippen LogP contribution in [0.25, 0.3) is 0 Å². The summed E-state index contributed by atoms with van der Waals surface area (Å²) >= 11 is 1.68. The number of aliphatic imine (C=N–C) groups is 1. The fourth-order valence-corrected chi connectivity index (χ4v) is 4.44. The molecule has 0 saturated carbocycles. The van der Waals surface area contributed by atoms with Crippen molar-refractivity contribution in [3.8, 4) is 5.75 Å². The number of rotatable bonds is 7. The molecule has 1 N–H and O–H groups in total. The Morgan fingerprint density at radius 2 is 2.03 bits per heavy atom. The summed E-state index contributed by atoms with van der Waals surface area (Å²) in [7, 11) is 3.89. The van der Waals surface area contributed by atoms with Gasteiger partial charge >= 0.3 is 0 Å². The molecule has 0 radical (unpaired) electrons. The van der Waals surface area contributed by atoms with E-state index >= 15 is 0 Å². The quantitative estimate of drug-likeness (QED) is 0.552. The summed E-state index contributed by atoms with van der Waals surface area (Å²) in [6, 6.07) is 8.54. The fraction of sp³-hybridized carbons (Fsp3) is 0.545. The fourth-order valence-electron chi connectivity index (χ4n) is 3.83. The van der Waals surface area contributed by atoms with E-state index in [-0.39, 0.29) is 5.41 Å². The van der Waals surface area contributed by atoms with Gasteiger partial charge in [-0.15, -0.1) is 11.3 Å². The van der Waals surface area contributed by atoms with Crippen LogP contribution in [0.4, 0.5) is 0 Å². The van der Waals surface area contributed by atoms with E-state index in [2.05, 4.69) is 56.9 Å². The maximum Gasteiger partial charge on any atom is 0.193 e. The lowest BCUT2D eigenvalue weighted by Gasteiger charge is -2.39. The number of aromatic nitrogens is 1. The van der Waals surface area contributed by atoms with E-state index in [0.29, 0.717) is 6.61 Å². The van der Waals surface area contributed by atoms with E-state index in [0.717, 1.165) is 61.6 Å². The normalized spacial score (nSPS) is 16.5. The monoisotopic (exact) mass is 416 g/mol. The lowest BCUT2D eigenvalue weighted by Crippen LogP contribution is -2.48. The van der Waals surface area contributed by atoms with Crippen LogP contribution >= 0.6 is 11.3 Å². The molecular formula is C22H32N4O2S. The van der Waals surface area contributed by atoms with E-state index in [9.17, 15) is 0 Å². The van der Waals surface area contributed by atoms with Crippen molar-refractivity contribution in [1.29, 1.82) is 0 Å². The topological polar surface area (TPSA) is 59.0 Å². The molecule has 6 nitrogen and oxygen atoms in total. The number of aryl methyl sites for hydroxylation is 1. The van der Waals surface area contributed by atoms with Crippen molar-refractivity contribution in [2.45, 2.75) is 38.6 Å². The third-order valence-electron chi connectivity index (χ3n) is 5.45. The average Bonchev–Trinajstić information content (AvgIpc) is 3.14. The van der Waals surface area contributed by atoms with Crippen molar-refractivity contribution in [1.82, 2.24) is 15.2 Å². The van der Waals surface area contributed by atoms with Crippen molar-refractivity contribution in [3.05, 3.63) is 45.9 Å². The van der Waals surface area contributed by atoms with Gasteiger partial charge in [-0.3, -0.25) is 4.99 Å². The Morgan fingerprint density at radius 3 is 2.62 bits per heavy atom. The molecule has 158 valence electrons. The van der Waals surface area contributed by atoms with Crippen molar-refractivity contribution in [3.63, 3.8) is 0 Å². The zero-order valence-electron chi connectivity index (χ0n) is 17.9. The van der Waals surface area contributed by atoms with Gasteiger partial charge in [-0.1, -0.05) is 12.1 Å². The lowest BCUT2D eigenvalue weighted by atomic mass is 9.74. The summed E-state index contributed by atoms with van der Waals surface area (Å²) in [4.78, 5) is 11.2. The number of thiazole rings is 1. The molecule has 2 heterocycles. The number of nitrogens with zero attached hydrogens (tertiary/aromatic N) is 3. The van der Waals surface area contributed by atoms with Crippen molar-refractivity contribution in [2.75, 3.05) is 40.5 Å². The van der Waals surface area contributed by atoms with Crippen molar-refractivity contribution >= 4 is 17.3 Å². The number of ether oxygens (including phenoxy) is 2. The molecule has 0 unspecified atom stereocenters. The molecule has 0 bridgehead atoms. The second-order valence-corrected chi connectivity index (χ2v) is 8.53. The van der Waals surface area contributed by atoms with E-state index in [1.54, 1.807) is 11.3 Å². The zero-order valence-corrected chi connectivity index (χ0v) is 18.7. The third-order valence-corrected chi connectivity index (χ3v) is 6.27. The Balaban J connectivity index is 1.70. The molecule has 0 spiro atoms. The number of guanidine groups is 1. The number of hydrogen-bond donors (Lipinski definition) is 1. The third kappa shape index (κ3) is 5.48. The second-order valence-electron chi connectivity index (χ2n) is 7.46. The standard InChI is InChI=1S/C22H32N4O2S/c1-5-28-20-8-6-18(7-9-20)22(10-12-27-13-11-22)16-24-21(23-3)26(4)14-19-15-29-17(2)25-19/h6-9,15H,5,10-14,16H2,1-4H3,(H,23,24). The highest BCUT2D eigenvalue weighted by Crippen LogP contribution is 2.35. The van der Waals surface area contributed by atoms with Crippen LogP contribution in [0.15, 0.2) is 34.6 Å². The van der Waals surface area contributed by atoms with Gasteiger partial charge in [0, 0.05) is 44.6 Å². The molecule has 1 fully saturated rings. The van der Waals surface area contributed by atoms with Gasteiger partial charge in [0.2, 0.25) is 0 Å². The van der Waals surface area contributed by atoms with Gasteiger partial charge in [0.25, 0.3) is 0 Å². The summed E-state index contributed by atoms with van der Waals surface area (Å²) in [5, 5.41) is 6.81. The van der Waals surface area contributed by atoms with Crippen molar-refractivity contribution < 1.29 is 9.47 Å². The van der Waals surface area contributed by atoms with E-state index < -0.39 is 0 Å². The molecular weight excluding hydrogens is 384 g/mol. The summed E-state index contributed by atoms with van der Waals surface area (Å²) in [6.07, 6.45) is 1.97. The van der Waals surface area contributed by atoms with Gasteiger partial charge in [0.15, 0.2) is 5.96 Å². The highest BCUT2D eigenvalue weighted by molar-refractivity contribution is 7.09. The summed E-state index contributed by atoms with van der Waals surface area (Å²) in [5.41, 5.74) is 2.42. The van der Waals surface area contributed by atoms with Gasteiger partial charge in [-0.25, -0.2) is 4.98 Å². The Morgan fingerprint density at radius 1 is 1.31 bits per heavy atom. The van der Waals surface area contributed by atoms with Gasteiger partial charge in [0.05, 0.1) is 23.9 Å². The highest BCUT2D eigenvalue weighted by atomic mass is 32.1. The maximum absolute atomic E-state index is 5.67. The van der Waals surface area contributed by atoms with Crippen LogP contribution in [-0.4, -0.2) is 56.3 Å². The zero-order chi connectivity index (χ0) is 20.7. The van der Waals surface area contributed by atoms with E-state index in [1.165, 1.54) is 5.56 Å². The number of nitrogens with one attached hydrogen (secondary N) is 1. The molecule has 29 heavy (non-hydrogen) atoms. The van der Waals surface area contributed by atoms with Gasteiger partial charge in [-0.2, -0.15) is 0 Å². The number of hydrogen-bond acceptors (Lipinski definition) is 5. The van der Waals surface area contributed by atoms with Gasteiger partial charge < -0.3 is 19.7 Å². The summed E-state index contributed by atoms with van der Waals surface area (Å²) in [5.74, 6) is 1.80. The molecule has 0 amide bonds. The Hall–Kier alpha value is -2.12. The maximum atomic E-state index is 5.67. The lowest BCUT2D eigenvalue weighted by molar-refractivity contribution is 0.0512. The summed E-state index contributed by atoms with van der Waals surface area (Å²) < 4.78 is 11.3. The van der Waals surface area contributed by atoms with Crippen molar-refractivity contribution in [2.24, 2.45) is 4.99 Å². The predicted molar refractivity (Wildman–Crippen MR) is 119 cm³/mol. The van der Waals surface area contributed by atoms with Crippen LogP contribution in [0.3, 0.4) is 0 Å². The SMILES string of the molecule is CCOc1ccc(C2(CNC(=NC)N(C)Cc3csc(C)n3)CCOCC2)cc1. The van der Waals surface area contributed by atoms with Gasteiger partial charge in [-0.05, 0) is 44.4 Å². The van der Waals surface area contributed by atoms with Crippen LogP contribution in [0.5, 0.6) is 5.75 Å². The molecule has 2 aromatic rings. The Labute approximate surface area is 178 Å². The average molecular weight is 417 g/mol. The van der Waals surface area contributed by atoms with Crippen LogP contribution in [0, 0.1) is 6.92 Å². The Kier molecular flexibility index (Phi) is 7.50. The molecule has 0 atom stereocenters. The smallest absolute Gasteiger partial charge is 0.193 e. The molecule has 1 aliphatic rings. The van der Waals surface area contributed by atoms with Crippen LogP contribution < -0.4 is 10.1 Å². The largest absolute Gasteiger partial charge is 0.494 e. The molecule has 1 aromatic heterocycles. The minimum absolute atomic E-state index is 0.0248. The molecule has 1 saturated heterocycles. The first-order chi connectivity index (χ1) is 14.1. The highest BCUT2D eigenvalue weighted by Gasteiger charge is 2.35. The number of benzene rings is 1. The second kappa shape index (κ2) is 10.1. The molecule has 3 rings (SSSR count). The first-order valence-corrected chi connectivity index (χ1v) is 11.1. The Bertz CT molecular complexity index is 797. The van der Waals surface area contributed by atoms with Crippen LogP contribution in [0.1, 0.15) is 36.0 Å². The minimum Gasteiger partial charge on any atom is -0.494 e. The molecule has 1 aromatic carbocycles. The van der Waals surface area contributed by atoms with E-state index in [1.807, 2.05) is 20.9 Å². The first-order valence-electron chi connectivity index (χ1n) is 10.2. The predicted octanol–water partition coefficient (Wildman–Crippen LogP) is 3.61. The molecule has 0 aliphatic carbocycles. The van der Waals surface area contributed by atoms with Crippen LogP contribution in [-0.2, 0) is 16.7 Å². The van der Waals surface area contributed by atoms with E-state index in [4.69, 9.17) is 9.47 Å².